The van der Waals surface area contributed by atoms with E-state index >= 15 is 0 Å². The Bertz CT molecular complexity index is 330. The Balaban J connectivity index is 2.13. The van der Waals surface area contributed by atoms with Crippen molar-refractivity contribution in [3.8, 4) is 0 Å². The van der Waals surface area contributed by atoms with Crippen molar-refractivity contribution in [3.05, 3.63) is 35.9 Å². The average Bonchev–Trinajstić information content (AvgIpc) is 3.14. The van der Waals surface area contributed by atoms with Crippen molar-refractivity contribution >= 4 is 0 Å². The summed E-state index contributed by atoms with van der Waals surface area (Å²) in [6.07, 6.45) is 2.80. The lowest BCUT2D eigenvalue weighted by Crippen LogP contribution is -2.40. The van der Waals surface area contributed by atoms with Gasteiger partial charge in [-0.2, -0.15) is 0 Å². The first-order valence-electron chi connectivity index (χ1n) is 6.73. The minimum absolute atomic E-state index is 0.372. The average molecular weight is 232 g/mol. The van der Waals surface area contributed by atoms with Crippen LogP contribution in [0.15, 0.2) is 30.3 Å². The third kappa shape index (κ3) is 3.30. The van der Waals surface area contributed by atoms with Gasteiger partial charge < -0.3 is 5.73 Å². The number of benzene rings is 1. The molecule has 0 bridgehead atoms. The van der Waals surface area contributed by atoms with E-state index in [9.17, 15) is 0 Å². The SMILES string of the molecule is CC(C)N(CC1CC1)C(CN)c1ccccc1. The fourth-order valence-electron chi connectivity index (χ4n) is 2.43. The van der Waals surface area contributed by atoms with E-state index in [4.69, 9.17) is 5.73 Å². The molecule has 1 unspecified atom stereocenters. The first-order chi connectivity index (χ1) is 8.22. The summed E-state index contributed by atoms with van der Waals surface area (Å²) in [5.74, 6) is 0.912. The van der Waals surface area contributed by atoms with E-state index in [1.807, 2.05) is 0 Å². The minimum atomic E-state index is 0.372. The van der Waals surface area contributed by atoms with Gasteiger partial charge in [0.15, 0.2) is 0 Å². The van der Waals surface area contributed by atoms with E-state index in [0.717, 1.165) is 5.92 Å². The zero-order valence-corrected chi connectivity index (χ0v) is 11.0. The van der Waals surface area contributed by atoms with Crippen LogP contribution < -0.4 is 5.73 Å². The van der Waals surface area contributed by atoms with Crippen LogP contribution >= 0.6 is 0 Å². The summed E-state index contributed by atoms with van der Waals surface area (Å²) in [7, 11) is 0. The molecular formula is C15H24N2. The normalized spacial score (nSPS) is 17.7. The molecule has 1 fully saturated rings. The van der Waals surface area contributed by atoms with Crippen LogP contribution in [0.5, 0.6) is 0 Å². The number of nitrogens with two attached hydrogens (primary N) is 1. The Kier molecular flexibility index (Phi) is 4.19. The van der Waals surface area contributed by atoms with Crippen molar-refractivity contribution in [1.29, 1.82) is 0 Å². The molecule has 1 atom stereocenters. The van der Waals surface area contributed by atoms with E-state index in [2.05, 4.69) is 49.1 Å². The zero-order valence-electron chi connectivity index (χ0n) is 11.0. The Morgan fingerprint density at radius 3 is 2.35 bits per heavy atom. The molecule has 1 saturated carbocycles. The number of nitrogens with zero attached hydrogens (tertiary/aromatic N) is 1. The second-order valence-electron chi connectivity index (χ2n) is 5.40. The molecule has 2 nitrogen and oxygen atoms in total. The molecule has 1 aromatic carbocycles. The van der Waals surface area contributed by atoms with Crippen LogP contribution in [0, 0.1) is 5.92 Å². The van der Waals surface area contributed by atoms with Crippen molar-refractivity contribution in [2.45, 2.75) is 38.8 Å². The Morgan fingerprint density at radius 2 is 1.88 bits per heavy atom. The molecule has 17 heavy (non-hydrogen) atoms. The van der Waals surface area contributed by atoms with Crippen LogP contribution in [0.1, 0.15) is 38.3 Å². The van der Waals surface area contributed by atoms with Crippen molar-refractivity contribution in [2.24, 2.45) is 11.7 Å². The van der Waals surface area contributed by atoms with Gasteiger partial charge in [0.1, 0.15) is 0 Å². The highest BCUT2D eigenvalue weighted by Gasteiger charge is 2.29. The molecule has 2 rings (SSSR count). The van der Waals surface area contributed by atoms with Gasteiger partial charge in [0.05, 0.1) is 0 Å². The van der Waals surface area contributed by atoms with Crippen molar-refractivity contribution in [3.63, 3.8) is 0 Å². The van der Waals surface area contributed by atoms with E-state index in [-0.39, 0.29) is 0 Å². The lowest BCUT2D eigenvalue weighted by Gasteiger charge is -2.34. The molecule has 1 aliphatic rings. The van der Waals surface area contributed by atoms with Crippen LogP contribution in [0.25, 0.3) is 0 Å². The van der Waals surface area contributed by atoms with Crippen LogP contribution in [0.4, 0.5) is 0 Å². The second kappa shape index (κ2) is 5.65. The van der Waals surface area contributed by atoms with Crippen LogP contribution in [-0.4, -0.2) is 24.0 Å². The van der Waals surface area contributed by atoms with Crippen LogP contribution in [0.2, 0.25) is 0 Å². The summed E-state index contributed by atoms with van der Waals surface area (Å²) in [6, 6.07) is 11.6. The van der Waals surface area contributed by atoms with Gasteiger partial charge >= 0.3 is 0 Å². The third-order valence-corrected chi connectivity index (χ3v) is 3.64. The van der Waals surface area contributed by atoms with Crippen molar-refractivity contribution < 1.29 is 0 Å². The summed E-state index contributed by atoms with van der Waals surface area (Å²) < 4.78 is 0. The molecule has 0 amide bonds. The summed E-state index contributed by atoms with van der Waals surface area (Å²) in [5.41, 5.74) is 7.35. The van der Waals surface area contributed by atoms with Gasteiger partial charge in [-0.1, -0.05) is 30.3 Å². The topological polar surface area (TPSA) is 29.3 Å². The highest BCUT2D eigenvalue weighted by molar-refractivity contribution is 5.19. The van der Waals surface area contributed by atoms with Crippen LogP contribution in [-0.2, 0) is 0 Å². The summed E-state index contributed by atoms with van der Waals surface area (Å²) in [4.78, 5) is 2.56. The molecule has 1 aliphatic carbocycles. The van der Waals surface area contributed by atoms with Gasteiger partial charge in [-0.15, -0.1) is 0 Å². The van der Waals surface area contributed by atoms with Gasteiger partial charge in [0, 0.05) is 25.2 Å². The van der Waals surface area contributed by atoms with Gasteiger partial charge in [0.25, 0.3) is 0 Å². The quantitative estimate of drug-likeness (QED) is 0.817. The molecule has 0 saturated heterocycles. The number of hydrogen-bond donors (Lipinski definition) is 1. The number of hydrogen-bond acceptors (Lipinski definition) is 2. The van der Waals surface area contributed by atoms with Gasteiger partial charge in [-0.25, -0.2) is 0 Å². The molecule has 0 heterocycles. The third-order valence-electron chi connectivity index (χ3n) is 3.64. The second-order valence-corrected chi connectivity index (χ2v) is 5.40. The molecular weight excluding hydrogens is 208 g/mol. The molecule has 0 spiro atoms. The molecule has 2 N–H and O–H groups in total. The molecule has 2 heteroatoms. The maximum Gasteiger partial charge on any atom is 0.0473 e. The van der Waals surface area contributed by atoms with Crippen molar-refractivity contribution in [1.82, 2.24) is 4.90 Å². The van der Waals surface area contributed by atoms with Crippen LogP contribution in [0.3, 0.4) is 0 Å². The number of rotatable bonds is 6. The molecule has 1 aromatic rings. The Labute approximate surface area is 105 Å². The summed E-state index contributed by atoms with van der Waals surface area (Å²) >= 11 is 0. The Morgan fingerprint density at radius 1 is 1.24 bits per heavy atom. The fraction of sp³-hybridized carbons (Fsp3) is 0.600. The minimum Gasteiger partial charge on any atom is -0.329 e. The standard InChI is InChI=1S/C15H24N2/c1-12(2)17(11-13-8-9-13)15(10-16)14-6-4-3-5-7-14/h3-7,12-13,15H,8-11,16H2,1-2H3. The van der Waals surface area contributed by atoms with E-state index in [1.54, 1.807) is 0 Å². The lowest BCUT2D eigenvalue weighted by atomic mass is 10.0. The monoisotopic (exact) mass is 232 g/mol. The molecule has 0 aliphatic heterocycles. The molecule has 0 radical (unpaired) electrons. The highest BCUT2D eigenvalue weighted by atomic mass is 15.2. The van der Waals surface area contributed by atoms with Gasteiger partial charge in [-0.3, -0.25) is 4.90 Å². The molecule has 94 valence electrons. The first kappa shape index (κ1) is 12.6. The molecule has 0 aromatic heterocycles. The fourth-order valence-corrected chi connectivity index (χ4v) is 2.43. The van der Waals surface area contributed by atoms with Crippen molar-refractivity contribution in [2.75, 3.05) is 13.1 Å². The highest BCUT2D eigenvalue weighted by Crippen LogP contribution is 2.33. The maximum absolute atomic E-state index is 6.00. The summed E-state index contributed by atoms with van der Waals surface area (Å²) in [5, 5.41) is 0. The largest absolute Gasteiger partial charge is 0.329 e. The Hall–Kier alpha value is -0.860. The zero-order chi connectivity index (χ0) is 12.3. The lowest BCUT2D eigenvalue weighted by molar-refractivity contribution is 0.149. The predicted octanol–water partition coefficient (Wildman–Crippen LogP) is 2.81. The maximum atomic E-state index is 6.00. The smallest absolute Gasteiger partial charge is 0.0473 e. The van der Waals surface area contributed by atoms with E-state index in [0.29, 0.717) is 18.6 Å². The summed E-state index contributed by atoms with van der Waals surface area (Å²) in [6.45, 7) is 6.45. The van der Waals surface area contributed by atoms with E-state index in [1.165, 1.54) is 24.9 Å². The predicted molar refractivity (Wildman–Crippen MR) is 72.8 cm³/mol. The van der Waals surface area contributed by atoms with Gasteiger partial charge in [-0.05, 0) is 38.2 Å². The first-order valence-corrected chi connectivity index (χ1v) is 6.73. The van der Waals surface area contributed by atoms with Gasteiger partial charge in [0.2, 0.25) is 0 Å². The van der Waals surface area contributed by atoms with E-state index < -0.39 is 0 Å².